The molecule has 0 aromatic heterocycles. The quantitative estimate of drug-likeness (QED) is 0.336. The summed E-state index contributed by atoms with van der Waals surface area (Å²) in [5.74, 6) is 7.39. The average molecular weight is 400 g/mol. The summed E-state index contributed by atoms with van der Waals surface area (Å²) in [5, 5.41) is 0. The fraction of sp³-hybridized carbons (Fsp3) is 0.368. The van der Waals surface area contributed by atoms with Gasteiger partial charge >= 0.3 is 52.8 Å². The minimum absolute atomic E-state index is 0. The van der Waals surface area contributed by atoms with Crippen molar-refractivity contribution in [1.82, 2.24) is 0 Å². The van der Waals surface area contributed by atoms with Gasteiger partial charge in [0.05, 0.1) is 0 Å². The zero-order chi connectivity index (χ0) is 18.2. The summed E-state index contributed by atoms with van der Waals surface area (Å²) in [6.07, 6.45) is 0. The molecule has 0 N–H and O–H groups in total. The second-order valence-corrected chi connectivity index (χ2v) is 5.12. The van der Waals surface area contributed by atoms with Crippen LogP contribution in [0.15, 0.2) is 22.3 Å². The van der Waals surface area contributed by atoms with E-state index in [-0.39, 0.29) is 39.9 Å². The first kappa shape index (κ1) is 31.7. The molecule has 0 aromatic carbocycles. The van der Waals surface area contributed by atoms with Gasteiger partial charge in [-0.3, -0.25) is 0 Å². The SMILES string of the molecule is C[C]1[C](C)[C]2[C]([C]1C)C(C)=C(C)C(C)=C2C.[C-]#[O+].[C-]#[O+].[C-]#[O+].[Li+].[Mo]. The predicted molar refractivity (Wildman–Crippen MR) is 81.8 cm³/mol. The number of rotatable bonds is 0. The van der Waals surface area contributed by atoms with Crippen molar-refractivity contribution in [2.75, 3.05) is 0 Å². The van der Waals surface area contributed by atoms with Gasteiger partial charge in [-0.05, 0) is 56.6 Å². The Balaban J connectivity index is -0.000000226. The molecule has 0 saturated heterocycles. The van der Waals surface area contributed by atoms with Gasteiger partial charge in [0.25, 0.3) is 0 Å². The van der Waals surface area contributed by atoms with Crippen LogP contribution in [0.1, 0.15) is 48.5 Å². The van der Waals surface area contributed by atoms with E-state index in [1.807, 2.05) is 0 Å². The monoisotopic (exact) mass is 402 g/mol. The molecular formula is C19H21LiMoO3+. The van der Waals surface area contributed by atoms with Crippen LogP contribution in [0.5, 0.6) is 0 Å². The van der Waals surface area contributed by atoms with Crippen molar-refractivity contribution in [3.63, 3.8) is 0 Å². The zero-order valence-corrected chi connectivity index (χ0v) is 17.6. The minimum atomic E-state index is 0. The van der Waals surface area contributed by atoms with Gasteiger partial charge in [0.1, 0.15) is 0 Å². The van der Waals surface area contributed by atoms with E-state index in [9.17, 15) is 0 Å². The summed E-state index contributed by atoms with van der Waals surface area (Å²) < 4.78 is 22.5. The van der Waals surface area contributed by atoms with Gasteiger partial charge in [-0.15, -0.1) is 0 Å². The van der Waals surface area contributed by atoms with Gasteiger partial charge in [-0.2, -0.15) is 0 Å². The second kappa shape index (κ2) is 15.3. The smallest absolute Gasteiger partial charge is 0 e. The summed E-state index contributed by atoms with van der Waals surface area (Å²) in [5.41, 5.74) is 5.84. The van der Waals surface area contributed by atoms with E-state index in [4.69, 9.17) is 14.0 Å². The van der Waals surface area contributed by atoms with Gasteiger partial charge in [0, 0.05) is 32.9 Å². The molecule has 2 rings (SSSR count). The maximum absolute atomic E-state index is 7.50. The first-order chi connectivity index (χ1) is 10.4. The number of hydrogen-bond acceptors (Lipinski definition) is 0. The fourth-order valence-corrected chi connectivity index (χ4v) is 2.91. The molecule has 0 heterocycles. The Bertz CT molecular complexity index is 452. The Morgan fingerprint density at radius 1 is 0.458 bits per heavy atom. The van der Waals surface area contributed by atoms with Gasteiger partial charge < -0.3 is 0 Å². The minimum Gasteiger partial charge on any atom is 0 e. The van der Waals surface area contributed by atoms with Gasteiger partial charge in [0.15, 0.2) is 0 Å². The van der Waals surface area contributed by atoms with Crippen LogP contribution in [0.25, 0.3) is 0 Å². The summed E-state index contributed by atoms with van der Waals surface area (Å²) in [7, 11) is 0. The molecule has 24 heavy (non-hydrogen) atoms. The van der Waals surface area contributed by atoms with Gasteiger partial charge in [0.2, 0.25) is 0 Å². The van der Waals surface area contributed by atoms with Gasteiger partial charge in [-0.1, -0.05) is 31.9 Å². The Hall–Kier alpha value is -0.0143. The van der Waals surface area contributed by atoms with Crippen LogP contribution in [-0.4, -0.2) is 0 Å². The van der Waals surface area contributed by atoms with Crippen molar-refractivity contribution in [2.45, 2.75) is 48.5 Å². The third kappa shape index (κ3) is 6.06. The Morgan fingerprint density at radius 3 is 0.875 bits per heavy atom. The maximum Gasteiger partial charge on any atom is 1.00 e. The fourth-order valence-electron chi connectivity index (χ4n) is 2.91. The Kier molecular flexibility index (Phi) is 20.2. The molecule has 3 nitrogen and oxygen atoms in total. The third-order valence-corrected chi connectivity index (χ3v) is 4.56. The molecule has 0 bridgehead atoms. The van der Waals surface area contributed by atoms with Gasteiger partial charge in [-0.25, -0.2) is 0 Å². The molecule has 0 atom stereocenters. The van der Waals surface area contributed by atoms with E-state index < -0.39 is 0 Å². The summed E-state index contributed by atoms with van der Waals surface area (Å²) in [4.78, 5) is 0. The number of allylic oxidation sites excluding steroid dienone is 4. The first-order valence-electron chi connectivity index (χ1n) is 6.61. The van der Waals surface area contributed by atoms with Crippen molar-refractivity contribution in [3.8, 4) is 0 Å². The molecule has 1 saturated carbocycles. The Morgan fingerprint density at radius 2 is 0.667 bits per heavy atom. The van der Waals surface area contributed by atoms with Crippen LogP contribution in [0.3, 0.4) is 0 Å². The van der Waals surface area contributed by atoms with E-state index in [1.54, 1.807) is 0 Å². The van der Waals surface area contributed by atoms with E-state index in [0.717, 1.165) is 0 Å². The van der Waals surface area contributed by atoms with Crippen LogP contribution in [-0.2, 0) is 35.0 Å². The largest absolute Gasteiger partial charge is 1.00 e. The van der Waals surface area contributed by atoms with E-state index in [2.05, 4.69) is 68.4 Å². The van der Waals surface area contributed by atoms with E-state index >= 15 is 0 Å². The summed E-state index contributed by atoms with van der Waals surface area (Å²) >= 11 is 0. The standard InChI is InChI=1S/C16H21.3CO.Li.Mo/c1-8-9(2)12(5)16-14(7)10(3)13(6)15(16)11(8)4;3*1-2;;/h1-7H3;;;;;/q;;;;+1;. The molecule has 2 aliphatic rings. The van der Waals surface area contributed by atoms with Crippen LogP contribution >= 0.6 is 0 Å². The molecule has 2 aliphatic carbocycles. The van der Waals surface area contributed by atoms with Crippen LogP contribution in [0.2, 0.25) is 0 Å². The molecule has 121 valence electrons. The molecule has 0 aromatic rings. The predicted octanol–water partition coefficient (Wildman–Crippen LogP) is 1.51. The normalized spacial score (nSPS) is 18.4. The number of fused-ring (bicyclic) bond motifs is 1. The van der Waals surface area contributed by atoms with Crippen LogP contribution in [0, 0.1) is 49.5 Å². The van der Waals surface area contributed by atoms with Crippen LogP contribution in [0.4, 0.5) is 0 Å². The summed E-state index contributed by atoms with van der Waals surface area (Å²) in [6.45, 7) is 29.3. The Labute approximate surface area is 173 Å². The molecule has 5 heteroatoms. The molecule has 0 aliphatic heterocycles. The molecule has 0 unspecified atom stereocenters. The molecule has 0 spiro atoms. The summed E-state index contributed by atoms with van der Waals surface area (Å²) in [6, 6.07) is 0. The zero-order valence-electron chi connectivity index (χ0n) is 15.6. The molecule has 5 radical (unpaired) electrons. The first-order valence-corrected chi connectivity index (χ1v) is 6.61. The molecule has 0 amide bonds. The van der Waals surface area contributed by atoms with Crippen molar-refractivity contribution >= 4 is 0 Å². The van der Waals surface area contributed by atoms with Crippen molar-refractivity contribution < 1.29 is 53.9 Å². The number of hydrogen-bond donors (Lipinski definition) is 0. The average Bonchev–Trinajstić information content (AvgIpc) is 2.81. The third-order valence-electron chi connectivity index (χ3n) is 4.56. The maximum atomic E-state index is 7.50. The molecular weight excluding hydrogens is 379 g/mol. The topological polar surface area (TPSA) is 59.7 Å². The van der Waals surface area contributed by atoms with E-state index in [1.165, 1.54) is 51.9 Å². The van der Waals surface area contributed by atoms with Crippen molar-refractivity contribution in [3.05, 3.63) is 71.8 Å². The second-order valence-electron chi connectivity index (χ2n) is 5.12. The van der Waals surface area contributed by atoms with Crippen molar-refractivity contribution in [2.24, 2.45) is 0 Å². The molecule has 1 fully saturated rings. The van der Waals surface area contributed by atoms with E-state index in [0.29, 0.717) is 0 Å². The van der Waals surface area contributed by atoms with Crippen molar-refractivity contribution in [1.29, 1.82) is 0 Å². The van der Waals surface area contributed by atoms with Crippen LogP contribution < -0.4 is 18.9 Å².